The molecule has 0 bridgehead atoms. The summed E-state index contributed by atoms with van der Waals surface area (Å²) in [6.07, 6.45) is 7.17. The van der Waals surface area contributed by atoms with E-state index in [1.807, 2.05) is 103 Å². The lowest BCUT2D eigenvalue weighted by molar-refractivity contribution is 0.0943. The predicted octanol–water partition coefficient (Wildman–Crippen LogP) is 7.36. The van der Waals surface area contributed by atoms with Crippen LogP contribution in [0.5, 0.6) is 5.75 Å². The zero-order valence-corrected chi connectivity index (χ0v) is 22.2. The molecule has 0 spiro atoms. The highest BCUT2D eigenvalue weighted by Crippen LogP contribution is 2.31. The maximum absolute atomic E-state index is 13.5. The van der Waals surface area contributed by atoms with Gasteiger partial charge in [0.05, 0.1) is 11.4 Å². The van der Waals surface area contributed by atoms with Crippen LogP contribution in [0.15, 0.2) is 121 Å². The maximum Gasteiger partial charge on any atom is 0.278 e. The average Bonchev–Trinajstić information content (AvgIpc) is 3.39. The number of hydrogen-bond donors (Lipinski definition) is 1. The van der Waals surface area contributed by atoms with Crippen molar-refractivity contribution in [3.63, 3.8) is 0 Å². The summed E-state index contributed by atoms with van der Waals surface area (Å²) in [5.41, 5.74) is 5.29. The van der Waals surface area contributed by atoms with Crippen LogP contribution in [0, 0.1) is 0 Å². The van der Waals surface area contributed by atoms with Crippen LogP contribution in [0.4, 0.5) is 5.69 Å². The number of nitrogens with one attached hydrogen (secondary N) is 1. The van der Waals surface area contributed by atoms with Gasteiger partial charge in [0.1, 0.15) is 11.5 Å². The zero-order valence-electron chi connectivity index (χ0n) is 22.2. The van der Waals surface area contributed by atoms with Crippen LogP contribution in [-0.2, 0) is 6.42 Å². The van der Waals surface area contributed by atoms with Gasteiger partial charge in [-0.05, 0) is 54.5 Å². The second-order valence-corrected chi connectivity index (χ2v) is 9.64. The van der Waals surface area contributed by atoms with Gasteiger partial charge in [0, 0.05) is 40.9 Å². The Morgan fingerprint density at radius 3 is 2.17 bits per heavy atom. The third-order valence-corrected chi connectivity index (χ3v) is 6.80. The van der Waals surface area contributed by atoms with Crippen molar-refractivity contribution in [3.8, 4) is 5.75 Å². The number of amides is 1. The van der Waals surface area contributed by atoms with E-state index < -0.39 is 0 Å². The minimum Gasteiger partial charge on any atom is -0.462 e. The number of fused-ring (bicyclic) bond motifs is 1. The van der Waals surface area contributed by atoms with Crippen LogP contribution < -0.4 is 10.1 Å². The molecule has 0 atom stereocenters. The number of nitrogens with zero attached hydrogens (tertiary/aromatic N) is 2. The van der Waals surface area contributed by atoms with Gasteiger partial charge >= 0.3 is 0 Å². The molecule has 41 heavy (non-hydrogen) atoms. The minimum atomic E-state index is -0.204. The Labute approximate surface area is 238 Å². The van der Waals surface area contributed by atoms with Crippen molar-refractivity contribution in [2.24, 2.45) is 0 Å². The van der Waals surface area contributed by atoms with Gasteiger partial charge in [-0.25, -0.2) is 0 Å². The Bertz CT molecular complexity index is 1750. The first kappa shape index (κ1) is 25.8. The molecule has 0 saturated heterocycles. The van der Waals surface area contributed by atoms with Crippen LogP contribution in [0.3, 0.4) is 0 Å². The second-order valence-electron chi connectivity index (χ2n) is 9.64. The van der Waals surface area contributed by atoms with E-state index in [0.29, 0.717) is 46.9 Å². The Morgan fingerprint density at radius 1 is 0.756 bits per heavy atom. The highest BCUT2D eigenvalue weighted by molar-refractivity contribution is 6.04. The van der Waals surface area contributed by atoms with Crippen molar-refractivity contribution in [1.82, 2.24) is 9.78 Å². The number of rotatable bonds is 7. The Hall–Kier alpha value is -5.49. The Balaban J connectivity index is 1.29. The third-order valence-electron chi connectivity index (χ3n) is 6.80. The lowest BCUT2D eigenvalue weighted by atomic mass is 9.99. The number of benzene rings is 4. The summed E-state index contributed by atoms with van der Waals surface area (Å²) in [5.74, 6) is 0.910. The molecule has 1 amide bonds. The van der Waals surface area contributed by atoms with E-state index in [1.165, 1.54) is 4.68 Å². The summed E-state index contributed by atoms with van der Waals surface area (Å²) in [4.78, 5) is 26.1. The molecule has 5 aromatic rings. The summed E-state index contributed by atoms with van der Waals surface area (Å²) >= 11 is 0. The normalized spacial score (nSPS) is 12.4. The molecule has 1 aromatic heterocycles. The summed E-state index contributed by atoms with van der Waals surface area (Å²) in [7, 11) is 0. The van der Waals surface area contributed by atoms with Crippen LogP contribution in [0.25, 0.3) is 18.2 Å². The van der Waals surface area contributed by atoms with Crippen molar-refractivity contribution < 1.29 is 14.3 Å². The number of allylic oxidation sites excluding steroid dienone is 1. The molecular formula is C35H27N3O3. The van der Waals surface area contributed by atoms with Gasteiger partial charge in [0.2, 0.25) is 0 Å². The average molecular weight is 538 g/mol. The van der Waals surface area contributed by atoms with E-state index in [-0.39, 0.29) is 11.8 Å². The van der Waals surface area contributed by atoms with E-state index >= 15 is 0 Å². The summed E-state index contributed by atoms with van der Waals surface area (Å²) in [5, 5.41) is 7.65. The number of ether oxygens (including phenoxy) is 1. The first-order chi connectivity index (χ1) is 20.1. The first-order valence-corrected chi connectivity index (χ1v) is 13.4. The molecule has 0 fully saturated rings. The van der Waals surface area contributed by atoms with Crippen molar-refractivity contribution >= 4 is 35.7 Å². The molecule has 0 radical (unpaired) electrons. The van der Waals surface area contributed by atoms with Gasteiger partial charge < -0.3 is 10.1 Å². The first-order valence-electron chi connectivity index (χ1n) is 13.4. The molecule has 1 heterocycles. The molecule has 1 aliphatic rings. The lowest BCUT2D eigenvalue weighted by Crippen LogP contribution is -2.17. The SMILES string of the molecule is O=C(Nc1cccc(OC2=Cc3c(c(C=Cc4ccccc4)nn3C(=O)c3ccccc3)CC2)c1)c1ccccc1. The molecule has 4 aromatic carbocycles. The molecule has 1 N–H and O–H groups in total. The fraction of sp³-hybridized carbons (Fsp3) is 0.0571. The van der Waals surface area contributed by atoms with E-state index in [4.69, 9.17) is 9.84 Å². The van der Waals surface area contributed by atoms with Gasteiger partial charge in [-0.2, -0.15) is 9.78 Å². The van der Waals surface area contributed by atoms with Gasteiger partial charge in [-0.1, -0.05) is 78.9 Å². The van der Waals surface area contributed by atoms with E-state index in [2.05, 4.69) is 5.32 Å². The fourth-order valence-electron chi connectivity index (χ4n) is 4.75. The van der Waals surface area contributed by atoms with Crippen LogP contribution in [0.2, 0.25) is 0 Å². The van der Waals surface area contributed by atoms with Crippen molar-refractivity contribution in [2.75, 3.05) is 5.32 Å². The van der Waals surface area contributed by atoms with Crippen LogP contribution >= 0.6 is 0 Å². The topological polar surface area (TPSA) is 73.2 Å². The number of hydrogen-bond acceptors (Lipinski definition) is 4. The van der Waals surface area contributed by atoms with E-state index in [0.717, 1.165) is 16.8 Å². The van der Waals surface area contributed by atoms with Crippen LogP contribution in [-0.4, -0.2) is 21.6 Å². The van der Waals surface area contributed by atoms with E-state index in [1.54, 1.807) is 30.3 Å². The molecule has 6 heteroatoms. The van der Waals surface area contributed by atoms with Gasteiger partial charge in [-0.15, -0.1) is 0 Å². The van der Waals surface area contributed by atoms with Crippen molar-refractivity contribution in [2.45, 2.75) is 12.8 Å². The Morgan fingerprint density at radius 2 is 1.44 bits per heavy atom. The van der Waals surface area contributed by atoms with Gasteiger partial charge in [0.15, 0.2) is 0 Å². The van der Waals surface area contributed by atoms with Crippen LogP contribution in [0.1, 0.15) is 49.7 Å². The summed E-state index contributed by atoms with van der Waals surface area (Å²) in [6, 6.07) is 35.5. The van der Waals surface area contributed by atoms with E-state index in [9.17, 15) is 9.59 Å². The molecular weight excluding hydrogens is 510 g/mol. The fourth-order valence-corrected chi connectivity index (χ4v) is 4.75. The number of anilines is 1. The van der Waals surface area contributed by atoms with Crippen molar-refractivity contribution in [3.05, 3.63) is 155 Å². The zero-order chi connectivity index (χ0) is 28.0. The monoisotopic (exact) mass is 537 g/mol. The number of carbonyl (C=O) groups excluding carboxylic acids is 2. The Kier molecular flexibility index (Phi) is 7.36. The molecule has 200 valence electrons. The van der Waals surface area contributed by atoms with Crippen molar-refractivity contribution in [1.29, 1.82) is 0 Å². The lowest BCUT2D eigenvalue weighted by Gasteiger charge is -2.16. The second kappa shape index (κ2) is 11.7. The molecule has 0 saturated carbocycles. The predicted molar refractivity (Wildman–Crippen MR) is 162 cm³/mol. The largest absolute Gasteiger partial charge is 0.462 e. The highest BCUT2D eigenvalue weighted by atomic mass is 16.5. The van der Waals surface area contributed by atoms with Gasteiger partial charge in [0.25, 0.3) is 11.8 Å². The number of aromatic nitrogens is 2. The molecule has 1 aliphatic carbocycles. The quantitative estimate of drug-likeness (QED) is 0.235. The standard InChI is InChI=1S/C35H27N3O3/c39-34(26-13-6-2-7-14-26)36-28-17-10-18-29(23-28)41-30-20-21-31-32(22-19-25-11-4-1-5-12-25)37-38(33(31)24-30)35(40)27-15-8-3-9-16-27/h1-19,22-24H,20-21H2,(H,36,39). The highest BCUT2D eigenvalue weighted by Gasteiger charge is 2.24. The smallest absolute Gasteiger partial charge is 0.278 e. The molecule has 0 unspecified atom stereocenters. The third kappa shape index (κ3) is 5.92. The minimum absolute atomic E-state index is 0.191. The number of carbonyl (C=O) groups is 2. The van der Waals surface area contributed by atoms with Gasteiger partial charge in [-0.3, -0.25) is 9.59 Å². The summed E-state index contributed by atoms with van der Waals surface area (Å²) < 4.78 is 7.73. The maximum atomic E-state index is 13.5. The molecule has 6 rings (SSSR count). The summed E-state index contributed by atoms with van der Waals surface area (Å²) in [6.45, 7) is 0. The molecule has 0 aliphatic heterocycles. The molecule has 6 nitrogen and oxygen atoms in total.